The number of aryl methyl sites for hydroxylation is 1. The lowest BCUT2D eigenvalue weighted by Crippen LogP contribution is -2.27. The van der Waals surface area contributed by atoms with E-state index in [2.05, 4.69) is 15.3 Å². The fraction of sp³-hybridized carbons (Fsp3) is 0.417. The summed E-state index contributed by atoms with van der Waals surface area (Å²) < 4.78 is 6.55. The van der Waals surface area contributed by atoms with Crippen LogP contribution in [0.1, 0.15) is 6.42 Å². The number of imidazole rings is 1. The molecule has 0 radical (unpaired) electrons. The molecule has 20 heavy (non-hydrogen) atoms. The van der Waals surface area contributed by atoms with E-state index in [1.807, 2.05) is 0 Å². The molecule has 0 atom stereocenters. The zero-order valence-electron chi connectivity index (χ0n) is 11.1. The lowest BCUT2D eigenvalue weighted by molar-refractivity contribution is -0.121. The Morgan fingerprint density at radius 2 is 2.40 bits per heavy atom. The minimum atomic E-state index is -0.0720. The molecule has 108 valence electrons. The highest BCUT2D eigenvalue weighted by Gasteiger charge is 2.11. The summed E-state index contributed by atoms with van der Waals surface area (Å²) in [4.78, 5) is 20.0. The Morgan fingerprint density at radius 1 is 1.60 bits per heavy atom. The van der Waals surface area contributed by atoms with Gasteiger partial charge in [-0.1, -0.05) is 11.6 Å². The van der Waals surface area contributed by atoms with Crippen molar-refractivity contribution in [3.8, 4) is 0 Å². The van der Waals surface area contributed by atoms with Crippen molar-refractivity contribution >= 4 is 34.6 Å². The zero-order valence-corrected chi connectivity index (χ0v) is 11.9. The number of pyridine rings is 1. The van der Waals surface area contributed by atoms with Crippen molar-refractivity contribution in [2.75, 3.05) is 26.0 Å². The number of nitrogens with two attached hydrogens (primary N) is 1. The van der Waals surface area contributed by atoms with Crippen LogP contribution in [0, 0.1) is 0 Å². The van der Waals surface area contributed by atoms with E-state index in [9.17, 15) is 4.79 Å². The summed E-state index contributed by atoms with van der Waals surface area (Å²) in [6.45, 7) is 1.39. The molecular formula is C12H16ClN5O2. The molecule has 0 aliphatic carbocycles. The topological polar surface area (TPSA) is 95.1 Å². The van der Waals surface area contributed by atoms with Crippen molar-refractivity contribution in [2.24, 2.45) is 0 Å². The van der Waals surface area contributed by atoms with E-state index in [0.717, 1.165) is 0 Å². The van der Waals surface area contributed by atoms with Crippen LogP contribution >= 0.6 is 11.6 Å². The van der Waals surface area contributed by atoms with Crippen LogP contribution in [0.3, 0.4) is 0 Å². The highest BCUT2D eigenvalue weighted by atomic mass is 35.5. The highest BCUT2D eigenvalue weighted by Crippen LogP contribution is 2.19. The number of carbonyl (C=O) groups is 1. The van der Waals surface area contributed by atoms with Crippen LogP contribution in [-0.2, 0) is 16.1 Å². The predicted octanol–water partition coefficient (Wildman–Crippen LogP) is 0.820. The maximum absolute atomic E-state index is 11.6. The standard InChI is InChI=1S/C12H16ClN5O2/c1-20-5-3-15-10(19)2-4-18-11-9(17-12(18)14)6-8(13)7-16-11/h6-7H,2-5H2,1H3,(H2,14,17)(H,15,19). The number of amides is 1. The number of methoxy groups -OCH3 is 1. The van der Waals surface area contributed by atoms with E-state index in [-0.39, 0.29) is 5.91 Å². The molecule has 2 aromatic rings. The first kappa shape index (κ1) is 14.5. The summed E-state index contributed by atoms with van der Waals surface area (Å²) in [7, 11) is 1.58. The van der Waals surface area contributed by atoms with Gasteiger partial charge in [-0.15, -0.1) is 0 Å². The Morgan fingerprint density at radius 3 is 3.15 bits per heavy atom. The number of nitrogens with one attached hydrogen (secondary N) is 1. The third-order valence-corrected chi connectivity index (χ3v) is 2.98. The molecule has 0 bridgehead atoms. The van der Waals surface area contributed by atoms with Crippen molar-refractivity contribution in [3.63, 3.8) is 0 Å². The number of hydrogen-bond acceptors (Lipinski definition) is 5. The van der Waals surface area contributed by atoms with Crippen molar-refractivity contribution < 1.29 is 9.53 Å². The van der Waals surface area contributed by atoms with Gasteiger partial charge >= 0.3 is 0 Å². The van der Waals surface area contributed by atoms with Crippen LogP contribution in [0.25, 0.3) is 11.2 Å². The van der Waals surface area contributed by atoms with Crippen molar-refractivity contribution in [1.82, 2.24) is 19.9 Å². The lowest BCUT2D eigenvalue weighted by atomic mass is 10.3. The first-order valence-corrected chi connectivity index (χ1v) is 6.52. The fourth-order valence-corrected chi connectivity index (χ4v) is 1.97. The second kappa shape index (κ2) is 6.53. The number of halogens is 1. The quantitative estimate of drug-likeness (QED) is 0.770. The number of ether oxygens (including phenoxy) is 1. The van der Waals surface area contributed by atoms with Gasteiger partial charge in [0.05, 0.1) is 11.6 Å². The number of fused-ring (bicyclic) bond motifs is 1. The van der Waals surface area contributed by atoms with E-state index in [1.165, 1.54) is 6.20 Å². The zero-order chi connectivity index (χ0) is 14.5. The third-order valence-electron chi connectivity index (χ3n) is 2.77. The van der Waals surface area contributed by atoms with Gasteiger partial charge < -0.3 is 15.8 Å². The second-order valence-electron chi connectivity index (χ2n) is 4.21. The largest absolute Gasteiger partial charge is 0.383 e. The van der Waals surface area contributed by atoms with Gasteiger partial charge in [0.1, 0.15) is 5.52 Å². The fourth-order valence-electron chi connectivity index (χ4n) is 1.82. The number of carbonyl (C=O) groups excluding carboxylic acids is 1. The molecule has 2 heterocycles. The Kier molecular flexibility index (Phi) is 4.75. The van der Waals surface area contributed by atoms with Gasteiger partial charge in [-0.2, -0.15) is 0 Å². The molecular weight excluding hydrogens is 282 g/mol. The van der Waals surface area contributed by atoms with Crippen LogP contribution in [0.15, 0.2) is 12.3 Å². The number of rotatable bonds is 6. The third kappa shape index (κ3) is 3.37. The highest BCUT2D eigenvalue weighted by molar-refractivity contribution is 6.31. The van der Waals surface area contributed by atoms with E-state index in [4.69, 9.17) is 22.1 Å². The SMILES string of the molecule is COCCNC(=O)CCn1c(N)nc2cc(Cl)cnc21. The molecule has 1 amide bonds. The molecule has 0 saturated heterocycles. The number of hydrogen-bond donors (Lipinski definition) is 2. The molecule has 0 aliphatic rings. The van der Waals surface area contributed by atoms with Crippen LogP contribution < -0.4 is 11.1 Å². The molecule has 8 heteroatoms. The Balaban J connectivity index is 2.02. The normalized spacial score (nSPS) is 10.9. The smallest absolute Gasteiger partial charge is 0.221 e. The maximum Gasteiger partial charge on any atom is 0.221 e. The Labute approximate surface area is 121 Å². The Bertz CT molecular complexity index is 613. The van der Waals surface area contributed by atoms with E-state index in [0.29, 0.717) is 48.3 Å². The Hall–Kier alpha value is -1.86. The van der Waals surface area contributed by atoms with Gasteiger partial charge in [-0.3, -0.25) is 9.36 Å². The van der Waals surface area contributed by atoms with Crippen LogP contribution in [0.4, 0.5) is 5.95 Å². The summed E-state index contributed by atoms with van der Waals surface area (Å²) in [5, 5.41) is 3.24. The lowest BCUT2D eigenvalue weighted by Gasteiger charge is -2.07. The maximum atomic E-state index is 11.6. The predicted molar refractivity (Wildman–Crippen MR) is 76.5 cm³/mol. The molecule has 0 aromatic carbocycles. The summed E-state index contributed by atoms with van der Waals surface area (Å²) in [6.07, 6.45) is 1.82. The monoisotopic (exact) mass is 297 g/mol. The van der Waals surface area contributed by atoms with Gasteiger partial charge in [0, 0.05) is 32.8 Å². The molecule has 7 nitrogen and oxygen atoms in total. The average molecular weight is 298 g/mol. The van der Waals surface area contributed by atoms with E-state index >= 15 is 0 Å². The summed E-state index contributed by atoms with van der Waals surface area (Å²) in [6, 6.07) is 1.69. The van der Waals surface area contributed by atoms with Gasteiger partial charge in [0.25, 0.3) is 0 Å². The molecule has 2 aromatic heterocycles. The minimum Gasteiger partial charge on any atom is -0.383 e. The molecule has 0 spiro atoms. The first-order chi connectivity index (χ1) is 9.61. The van der Waals surface area contributed by atoms with Crippen LogP contribution in [-0.4, -0.2) is 40.7 Å². The molecule has 0 fully saturated rings. The van der Waals surface area contributed by atoms with E-state index < -0.39 is 0 Å². The summed E-state index contributed by atoms with van der Waals surface area (Å²) in [5.74, 6) is 0.247. The van der Waals surface area contributed by atoms with Gasteiger partial charge in [0.15, 0.2) is 5.65 Å². The molecule has 2 rings (SSSR count). The van der Waals surface area contributed by atoms with Gasteiger partial charge in [-0.25, -0.2) is 9.97 Å². The summed E-state index contributed by atoms with van der Waals surface area (Å²) in [5.41, 5.74) is 7.07. The number of nitrogen functional groups attached to an aromatic ring is 1. The van der Waals surface area contributed by atoms with Gasteiger partial charge in [0.2, 0.25) is 11.9 Å². The second-order valence-corrected chi connectivity index (χ2v) is 4.65. The number of aromatic nitrogens is 3. The number of nitrogens with zero attached hydrogens (tertiary/aromatic N) is 3. The first-order valence-electron chi connectivity index (χ1n) is 6.14. The molecule has 0 saturated carbocycles. The van der Waals surface area contributed by atoms with Crippen molar-refractivity contribution in [1.29, 1.82) is 0 Å². The minimum absolute atomic E-state index is 0.0720. The van der Waals surface area contributed by atoms with Crippen LogP contribution in [0.2, 0.25) is 5.02 Å². The molecule has 3 N–H and O–H groups in total. The van der Waals surface area contributed by atoms with E-state index in [1.54, 1.807) is 17.7 Å². The average Bonchev–Trinajstić information content (AvgIpc) is 2.71. The van der Waals surface area contributed by atoms with Crippen molar-refractivity contribution in [2.45, 2.75) is 13.0 Å². The molecule has 0 unspecified atom stereocenters. The van der Waals surface area contributed by atoms with Crippen molar-refractivity contribution in [3.05, 3.63) is 17.3 Å². The summed E-state index contributed by atoms with van der Waals surface area (Å²) >= 11 is 5.85. The number of anilines is 1. The van der Waals surface area contributed by atoms with Crippen LogP contribution in [0.5, 0.6) is 0 Å². The molecule has 0 aliphatic heterocycles. The van der Waals surface area contributed by atoms with Gasteiger partial charge in [-0.05, 0) is 6.07 Å².